The van der Waals surface area contributed by atoms with Crippen molar-refractivity contribution < 1.29 is 14.3 Å². The molecule has 0 unspecified atom stereocenters. The summed E-state index contributed by atoms with van der Waals surface area (Å²) in [6.07, 6.45) is 12.4. The second-order valence-corrected chi connectivity index (χ2v) is 18.4. The molecule has 14 heteroatoms. The molecule has 0 bridgehead atoms. The molecule has 4 aromatic heterocycles. The zero-order valence-corrected chi connectivity index (χ0v) is 36.3. The van der Waals surface area contributed by atoms with E-state index in [0.29, 0.717) is 39.9 Å². The summed E-state index contributed by atoms with van der Waals surface area (Å²) in [5.41, 5.74) is 8.35. The van der Waals surface area contributed by atoms with Crippen LogP contribution in [0.4, 0.5) is 5.82 Å². The molecule has 320 valence electrons. The number of carbonyl (C=O) groups excluding carboxylic acids is 2. The van der Waals surface area contributed by atoms with Gasteiger partial charge in [-0.1, -0.05) is 29.8 Å². The lowest BCUT2D eigenvalue weighted by atomic mass is 9.56. The molecule has 13 nitrogen and oxygen atoms in total. The van der Waals surface area contributed by atoms with Crippen LogP contribution < -0.4 is 15.0 Å². The Hall–Kier alpha value is -6.39. The molecule has 2 aliphatic carbocycles. The van der Waals surface area contributed by atoms with E-state index >= 15 is 0 Å². The molecule has 1 saturated heterocycles. The van der Waals surface area contributed by atoms with Gasteiger partial charge in [0.15, 0.2) is 11.5 Å². The molecule has 1 spiro atoms. The van der Waals surface area contributed by atoms with E-state index in [1.165, 1.54) is 18.5 Å². The highest BCUT2D eigenvalue weighted by Gasteiger charge is 2.52. The molecule has 2 aromatic carbocycles. The van der Waals surface area contributed by atoms with Crippen molar-refractivity contribution in [2.45, 2.75) is 83.4 Å². The van der Waals surface area contributed by atoms with Gasteiger partial charge >= 0.3 is 0 Å². The molecule has 1 N–H and O–H groups in total. The number of halogens is 1. The Kier molecular flexibility index (Phi) is 10.8. The van der Waals surface area contributed by atoms with Gasteiger partial charge in [-0.2, -0.15) is 10.4 Å². The first kappa shape index (κ1) is 40.7. The van der Waals surface area contributed by atoms with Gasteiger partial charge in [-0.05, 0) is 105 Å². The monoisotopic (exact) mass is 860 g/mol. The summed E-state index contributed by atoms with van der Waals surface area (Å²) in [6, 6.07) is 23.6. The first-order valence-electron chi connectivity index (χ1n) is 22.0. The Balaban J connectivity index is 0.670. The van der Waals surface area contributed by atoms with Crippen molar-refractivity contribution >= 4 is 40.0 Å². The van der Waals surface area contributed by atoms with Gasteiger partial charge in [0.05, 0.1) is 28.1 Å². The standard InChI is InChI=1S/C49H49ClN10O3/c1-30(61)59-19-18-45-41(27-59)47(57-58(45)2)39-5-3-4-32-20-44(53-26-40(32)39)34-7-10-35(52-25-34)9-6-31-22-49(23-31)28-60(29-49)46-17-16-43(55-56-46)48(62)54-36-11-14-37(15-12-36)63-38-13-8-33(24-51)42(50)21-38/h3-5,7-8,10,13,16-17,20-21,25-26,31,36-37H,6,9,11-12,14-15,18-19,22-23,27-29H2,1-2H3,(H,54,62). The van der Waals surface area contributed by atoms with Gasteiger partial charge in [0.1, 0.15) is 11.8 Å². The number of fused-ring (bicyclic) bond motifs is 2. The lowest BCUT2D eigenvalue weighted by molar-refractivity contribution is -0.129. The largest absolute Gasteiger partial charge is 0.490 e. The number of aryl methyl sites for hydroxylation is 2. The smallest absolute Gasteiger partial charge is 0.272 e. The first-order valence-corrected chi connectivity index (χ1v) is 22.4. The lowest BCUT2D eigenvalue weighted by Gasteiger charge is -2.59. The minimum absolute atomic E-state index is 0.0354. The number of aromatic nitrogens is 6. The minimum atomic E-state index is -0.201. The fourth-order valence-electron chi connectivity index (χ4n) is 10.3. The number of nitriles is 1. The molecule has 6 heterocycles. The second kappa shape index (κ2) is 16.7. The molecule has 6 aromatic rings. The highest BCUT2D eigenvalue weighted by atomic mass is 35.5. The first-order chi connectivity index (χ1) is 30.6. The highest BCUT2D eigenvalue weighted by molar-refractivity contribution is 6.31. The van der Waals surface area contributed by atoms with Crippen molar-refractivity contribution in [3.05, 3.63) is 112 Å². The topological polar surface area (TPSA) is 155 Å². The summed E-state index contributed by atoms with van der Waals surface area (Å²) >= 11 is 6.16. The zero-order chi connectivity index (χ0) is 43.2. The molecule has 2 saturated carbocycles. The van der Waals surface area contributed by atoms with E-state index in [1.54, 1.807) is 31.2 Å². The lowest BCUT2D eigenvalue weighted by Crippen LogP contribution is -2.62. The molecule has 63 heavy (non-hydrogen) atoms. The second-order valence-electron chi connectivity index (χ2n) is 18.0. The Morgan fingerprint density at radius 1 is 0.984 bits per heavy atom. The number of benzene rings is 2. The number of hydrogen-bond acceptors (Lipinski definition) is 10. The van der Waals surface area contributed by atoms with Gasteiger partial charge in [-0.25, -0.2) is 0 Å². The zero-order valence-electron chi connectivity index (χ0n) is 35.6. The van der Waals surface area contributed by atoms with E-state index in [-0.39, 0.29) is 24.0 Å². The Morgan fingerprint density at radius 3 is 2.56 bits per heavy atom. The number of anilines is 1. The molecule has 2 aliphatic heterocycles. The number of carbonyl (C=O) groups is 2. The van der Waals surface area contributed by atoms with Gasteiger partial charge in [0.2, 0.25) is 5.91 Å². The molecule has 2 amide bonds. The van der Waals surface area contributed by atoms with Gasteiger partial charge in [0.25, 0.3) is 5.91 Å². The number of nitrogens with zero attached hydrogens (tertiary/aromatic N) is 9. The van der Waals surface area contributed by atoms with E-state index in [2.05, 4.69) is 62.9 Å². The normalized spacial score (nSPS) is 19.2. The number of amides is 2. The molecule has 4 aliphatic rings. The molecule has 0 atom stereocenters. The maximum Gasteiger partial charge on any atom is 0.272 e. The Bertz CT molecular complexity index is 2740. The van der Waals surface area contributed by atoms with E-state index in [4.69, 9.17) is 36.7 Å². The van der Waals surface area contributed by atoms with Crippen LogP contribution >= 0.6 is 11.6 Å². The van der Waals surface area contributed by atoms with Crippen molar-refractivity contribution in [1.29, 1.82) is 5.26 Å². The summed E-state index contributed by atoms with van der Waals surface area (Å²) in [4.78, 5) is 39.1. The maximum atomic E-state index is 13.0. The van der Waals surface area contributed by atoms with Gasteiger partial charge < -0.3 is 19.9 Å². The molecular formula is C49H49ClN10O3. The Morgan fingerprint density at radius 2 is 1.83 bits per heavy atom. The molecule has 10 rings (SSSR count). The van der Waals surface area contributed by atoms with Crippen molar-refractivity contribution in [2.24, 2.45) is 18.4 Å². The predicted molar refractivity (Wildman–Crippen MR) is 240 cm³/mol. The summed E-state index contributed by atoms with van der Waals surface area (Å²) in [6.45, 7) is 4.87. The van der Waals surface area contributed by atoms with Crippen LogP contribution in [0.15, 0.2) is 79.1 Å². The van der Waals surface area contributed by atoms with Gasteiger partial charge in [-0.15, -0.1) is 10.2 Å². The van der Waals surface area contributed by atoms with Crippen LogP contribution in [0.5, 0.6) is 5.75 Å². The summed E-state index contributed by atoms with van der Waals surface area (Å²) in [7, 11) is 1.99. The van der Waals surface area contributed by atoms with E-state index in [0.717, 1.165) is 115 Å². The predicted octanol–water partition coefficient (Wildman–Crippen LogP) is 7.89. The van der Waals surface area contributed by atoms with Crippen molar-refractivity contribution in [3.63, 3.8) is 0 Å². The fourth-order valence-corrected chi connectivity index (χ4v) is 10.5. The van der Waals surface area contributed by atoms with Crippen LogP contribution in [-0.4, -0.2) is 78.4 Å². The third-order valence-corrected chi connectivity index (χ3v) is 14.0. The summed E-state index contributed by atoms with van der Waals surface area (Å²) in [5, 5.41) is 28.4. The number of hydrogen-bond donors (Lipinski definition) is 1. The van der Waals surface area contributed by atoms with Crippen LogP contribution in [-0.2, 0) is 31.2 Å². The quantitative estimate of drug-likeness (QED) is 0.144. The summed E-state index contributed by atoms with van der Waals surface area (Å²) in [5.74, 6) is 2.05. The van der Waals surface area contributed by atoms with Gasteiger partial charge in [-0.3, -0.25) is 24.2 Å². The van der Waals surface area contributed by atoms with E-state index in [9.17, 15) is 9.59 Å². The van der Waals surface area contributed by atoms with E-state index in [1.807, 2.05) is 35.1 Å². The molecular weight excluding hydrogens is 812 g/mol. The number of rotatable bonds is 10. The fraction of sp³-hybridized carbons (Fsp3) is 0.388. The average Bonchev–Trinajstić information content (AvgIpc) is 3.61. The third kappa shape index (κ3) is 8.20. The minimum Gasteiger partial charge on any atom is -0.490 e. The number of nitrogens with one attached hydrogen (secondary N) is 1. The van der Waals surface area contributed by atoms with E-state index < -0.39 is 0 Å². The molecule has 0 radical (unpaired) electrons. The van der Waals surface area contributed by atoms with Gasteiger partial charge in [0, 0.05) is 110 Å². The summed E-state index contributed by atoms with van der Waals surface area (Å²) < 4.78 is 8.06. The molecule has 3 fully saturated rings. The van der Waals surface area contributed by atoms with Crippen LogP contribution in [0.1, 0.15) is 84.9 Å². The number of ether oxygens (including phenoxy) is 1. The van der Waals surface area contributed by atoms with Crippen molar-refractivity contribution in [1.82, 2.24) is 40.2 Å². The van der Waals surface area contributed by atoms with Crippen molar-refractivity contribution in [3.8, 4) is 34.3 Å². The van der Waals surface area contributed by atoms with Crippen LogP contribution in [0, 0.1) is 22.7 Å². The van der Waals surface area contributed by atoms with Crippen molar-refractivity contribution in [2.75, 3.05) is 24.5 Å². The highest BCUT2D eigenvalue weighted by Crippen LogP contribution is 2.54. The van der Waals surface area contributed by atoms with Crippen LogP contribution in [0.25, 0.3) is 33.3 Å². The van der Waals surface area contributed by atoms with Crippen LogP contribution in [0.2, 0.25) is 5.02 Å². The third-order valence-electron chi connectivity index (χ3n) is 13.7. The number of pyridine rings is 2. The van der Waals surface area contributed by atoms with Crippen LogP contribution in [0.3, 0.4) is 0 Å². The average molecular weight is 861 g/mol. The maximum absolute atomic E-state index is 13.0. The SMILES string of the molecule is CC(=O)N1CCc2c(c(-c3cccc4cc(-c5ccc(CCC6CC7(C6)CN(c6ccc(C(=O)NC8CCC(Oc9ccc(C#N)c(Cl)c9)CC8)nn6)C7)nc5)ncc34)nn2C)C1. The Labute approximate surface area is 371 Å².